The van der Waals surface area contributed by atoms with Crippen molar-refractivity contribution in [3.63, 3.8) is 0 Å². The lowest BCUT2D eigenvalue weighted by Gasteiger charge is -2.32. The molecule has 1 aromatic carbocycles. The van der Waals surface area contributed by atoms with Crippen molar-refractivity contribution in [3.05, 3.63) is 53.1 Å². The largest absolute Gasteiger partial charge is 0.345 e. The van der Waals surface area contributed by atoms with E-state index >= 15 is 0 Å². The first-order chi connectivity index (χ1) is 12.2. The van der Waals surface area contributed by atoms with E-state index in [0.29, 0.717) is 6.42 Å². The van der Waals surface area contributed by atoms with Crippen LogP contribution in [0.5, 0.6) is 0 Å². The lowest BCUT2D eigenvalue weighted by molar-refractivity contribution is -0.124. The number of amides is 1. The standard InChI is InChI=1S/C20H26N4O/c1-24-11-10-21-20(24)19-17(8-9-18(25)23-19)22-13-14-6-7-15-4-2-3-5-16(15)12-14/h6-7,10-12,17,19,22H,2-5,8-9,13H2,1H3,(H,23,25)/t17-,19-/m1/s1. The molecule has 2 N–H and O–H groups in total. The van der Waals surface area contributed by atoms with Gasteiger partial charge in [-0.25, -0.2) is 4.98 Å². The highest BCUT2D eigenvalue weighted by molar-refractivity contribution is 5.77. The summed E-state index contributed by atoms with van der Waals surface area (Å²) in [5.74, 6) is 1.02. The highest BCUT2D eigenvalue weighted by Crippen LogP contribution is 2.25. The van der Waals surface area contributed by atoms with E-state index in [1.165, 1.54) is 42.4 Å². The molecule has 5 heteroatoms. The van der Waals surface area contributed by atoms with Crippen molar-refractivity contribution >= 4 is 5.91 Å². The minimum absolute atomic E-state index is 0.0705. The predicted octanol–water partition coefficient (Wildman–Crippen LogP) is 2.41. The van der Waals surface area contributed by atoms with Crippen LogP contribution in [0.3, 0.4) is 0 Å². The number of fused-ring (bicyclic) bond motifs is 1. The van der Waals surface area contributed by atoms with E-state index in [1.807, 2.05) is 17.8 Å². The van der Waals surface area contributed by atoms with Gasteiger partial charge in [0.2, 0.25) is 5.91 Å². The van der Waals surface area contributed by atoms with Crippen molar-refractivity contribution in [1.82, 2.24) is 20.2 Å². The van der Waals surface area contributed by atoms with Crippen molar-refractivity contribution in [1.29, 1.82) is 0 Å². The van der Waals surface area contributed by atoms with Crippen LogP contribution >= 0.6 is 0 Å². The molecule has 132 valence electrons. The molecule has 1 amide bonds. The molecule has 0 radical (unpaired) electrons. The fraction of sp³-hybridized carbons (Fsp3) is 0.500. The molecule has 1 fully saturated rings. The number of imidazole rings is 1. The summed E-state index contributed by atoms with van der Waals surface area (Å²) >= 11 is 0. The fourth-order valence-corrected chi connectivity index (χ4v) is 4.09. The summed E-state index contributed by atoms with van der Waals surface area (Å²) in [7, 11) is 1.98. The summed E-state index contributed by atoms with van der Waals surface area (Å²) < 4.78 is 1.99. The van der Waals surface area contributed by atoms with Gasteiger partial charge in [-0.05, 0) is 48.8 Å². The number of aromatic nitrogens is 2. The van der Waals surface area contributed by atoms with E-state index in [1.54, 1.807) is 6.20 Å². The zero-order valence-corrected chi connectivity index (χ0v) is 14.8. The molecule has 0 saturated carbocycles. The number of aryl methyl sites for hydroxylation is 3. The second kappa shape index (κ2) is 7.00. The third-order valence-corrected chi connectivity index (χ3v) is 5.52. The van der Waals surface area contributed by atoms with E-state index in [-0.39, 0.29) is 18.0 Å². The number of nitrogens with zero attached hydrogens (tertiary/aromatic N) is 2. The number of hydrogen-bond acceptors (Lipinski definition) is 3. The molecule has 0 bridgehead atoms. The van der Waals surface area contributed by atoms with Gasteiger partial charge in [0.05, 0.1) is 0 Å². The summed E-state index contributed by atoms with van der Waals surface area (Å²) in [6, 6.07) is 7.03. The van der Waals surface area contributed by atoms with E-state index in [4.69, 9.17) is 0 Å². The van der Waals surface area contributed by atoms with Crippen LogP contribution in [-0.2, 0) is 31.2 Å². The third kappa shape index (κ3) is 3.47. The number of nitrogens with one attached hydrogen (secondary N) is 2. The van der Waals surface area contributed by atoms with Crippen LogP contribution in [0, 0.1) is 0 Å². The van der Waals surface area contributed by atoms with Crippen molar-refractivity contribution in [2.24, 2.45) is 7.05 Å². The van der Waals surface area contributed by atoms with Gasteiger partial charge in [-0.2, -0.15) is 0 Å². The summed E-state index contributed by atoms with van der Waals surface area (Å²) in [5.41, 5.74) is 4.37. The predicted molar refractivity (Wildman–Crippen MR) is 97.0 cm³/mol. The van der Waals surface area contributed by atoms with Crippen LogP contribution in [0.2, 0.25) is 0 Å². The molecule has 1 aliphatic carbocycles. The fourth-order valence-electron chi connectivity index (χ4n) is 4.09. The van der Waals surface area contributed by atoms with E-state index in [9.17, 15) is 4.79 Å². The molecule has 4 rings (SSSR count). The molecule has 25 heavy (non-hydrogen) atoms. The maximum atomic E-state index is 11.9. The van der Waals surface area contributed by atoms with Gasteiger partial charge in [0.25, 0.3) is 0 Å². The Morgan fingerprint density at radius 1 is 1.24 bits per heavy atom. The smallest absolute Gasteiger partial charge is 0.220 e. The van der Waals surface area contributed by atoms with Crippen LogP contribution in [0.4, 0.5) is 0 Å². The SMILES string of the molecule is Cn1ccnc1[C@@H]1NC(=O)CC[C@H]1NCc1ccc2c(c1)CCCC2. The summed E-state index contributed by atoms with van der Waals surface area (Å²) in [6.07, 6.45) is 10.2. The van der Waals surface area contributed by atoms with Gasteiger partial charge in [-0.3, -0.25) is 4.79 Å². The first kappa shape index (κ1) is 16.3. The van der Waals surface area contributed by atoms with Crippen LogP contribution in [0.25, 0.3) is 0 Å². The summed E-state index contributed by atoms with van der Waals surface area (Å²) in [5, 5.41) is 6.77. The maximum absolute atomic E-state index is 11.9. The molecule has 1 aromatic heterocycles. The third-order valence-electron chi connectivity index (χ3n) is 5.52. The molecular weight excluding hydrogens is 312 g/mol. The highest BCUT2D eigenvalue weighted by Gasteiger charge is 2.32. The zero-order valence-electron chi connectivity index (χ0n) is 14.8. The molecule has 0 spiro atoms. The first-order valence-corrected chi connectivity index (χ1v) is 9.31. The molecule has 0 unspecified atom stereocenters. The average Bonchev–Trinajstić information content (AvgIpc) is 3.06. The van der Waals surface area contributed by atoms with Gasteiger partial charge >= 0.3 is 0 Å². The Hall–Kier alpha value is -2.14. The lowest BCUT2D eigenvalue weighted by atomic mass is 9.90. The Balaban J connectivity index is 1.47. The van der Waals surface area contributed by atoms with Gasteiger partial charge in [0.1, 0.15) is 11.9 Å². The number of rotatable bonds is 4. The minimum Gasteiger partial charge on any atom is -0.345 e. The Morgan fingerprint density at radius 2 is 2.08 bits per heavy atom. The molecule has 2 heterocycles. The summed E-state index contributed by atoms with van der Waals surface area (Å²) in [6.45, 7) is 0.828. The van der Waals surface area contributed by atoms with Gasteiger partial charge in [-0.15, -0.1) is 0 Å². The Kier molecular flexibility index (Phi) is 4.57. The van der Waals surface area contributed by atoms with Crippen molar-refractivity contribution < 1.29 is 4.79 Å². The van der Waals surface area contributed by atoms with Crippen molar-refractivity contribution in [3.8, 4) is 0 Å². The van der Waals surface area contributed by atoms with Gasteiger partial charge in [-0.1, -0.05) is 18.2 Å². The Labute approximate surface area is 148 Å². The van der Waals surface area contributed by atoms with Crippen molar-refractivity contribution in [2.45, 2.75) is 57.2 Å². The van der Waals surface area contributed by atoms with E-state index in [0.717, 1.165) is 18.8 Å². The molecule has 2 atom stereocenters. The minimum atomic E-state index is -0.0705. The lowest BCUT2D eigenvalue weighted by Crippen LogP contribution is -2.49. The average molecular weight is 338 g/mol. The van der Waals surface area contributed by atoms with Crippen LogP contribution in [0.1, 0.15) is 54.2 Å². The van der Waals surface area contributed by atoms with E-state index in [2.05, 4.69) is 33.8 Å². The maximum Gasteiger partial charge on any atom is 0.220 e. The molecular formula is C20H26N4O. The number of carbonyl (C=O) groups is 1. The second-order valence-electron chi connectivity index (χ2n) is 7.28. The summed E-state index contributed by atoms with van der Waals surface area (Å²) in [4.78, 5) is 16.3. The normalized spacial score (nSPS) is 23.2. The Morgan fingerprint density at radius 3 is 2.88 bits per heavy atom. The van der Waals surface area contributed by atoms with Crippen LogP contribution in [0.15, 0.2) is 30.6 Å². The van der Waals surface area contributed by atoms with Gasteiger partial charge in [0.15, 0.2) is 0 Å². The van der Waals surface area contributed by atoms with Gasteiger partial charge in [0, 0.05) is 38.4 Å². The molecule has 5 nitrogen and oxygen atoms in total. The number of benzene rings is 1. The number of carbonyl (C=O) groups excluding carboxylic acids is 1. The molecule has 1 saturated heterocycles. The molecule has 1 aliphatic heterocycles. The Bertz CT molecular complexity index is 767. The molecule has 2 aliphatic rings. The monoisotopic (exact) mass is 338 g/mol. The first-order valence-electron chi connectivity index (χ1n) is 9.31. The highest BCUT2D eigenvalue weighted by atomic mass is 16.1. The van der Waals surface area contributed by atoms with Crippen LogP contribution in [-0.4, -0.2) is 21.5 Å². The quantitative estimate of drug-likeness (QED) is 0.900. The number of hydrogen-bond donors (Lipinski definition) is 2. The van der Waals surface area contributed by atoms with Gasteiger partial charge < -0.3 is 15.2 Å². The second-order valence-corrected chi connectivity index (χ2v) is 7.28. The zero-order chi connectivity index (χ0) is 17.2. The van der Waals surface area contributed by atoms with Crippen LogP contribution < -0.4 is 10.6 Å². The van der Waals surface area contributed by atoms with E-state index < -0.39 is 0 Å². The molecule has 2 aromatic rings. The van der Waals surface area contributed by atoms with Crippen molar-refractivity contribution in [2.75, 3.05) is 0 Å². The number of piperidine rings is 1. The topological polar surface area (TPSA) is 59.0 Å².